The fourth-order valence-corrected chi connectivity index (χ4v) is 3.69. The first-order valence-electron chi connectivity index (χ1n) is 10.2. The van der Waals surface area contributed by atoms with Gasteiger partial charge < -0.3 is 9.88 Å². The van der Waals surface area contributed by atoms with Crippen LogP contribution in [0.15, 0.2) is 48.5 Å². The van der Waals surface area contributed by atoms with Crippen molar-refractivity contribution >= 4 is 28.5 Å². The molecular weight excluding hydrogens is 370 g/mol. The number of nitrogens with one attached hydrogen (secondary N) is 1. The van der Waals surface area contributed by atoms with E-state index in [1.807, 2.05) is 18.2 Å². The second-order valence-corrected chi connectivity index (χ2v) is 7.48. The zero-order chi connectivity index (χ0) is 19.8. The van der Waals surface area contributed by atoms with Crippen LogP contribution in [0.5, 0.6) is 0 Å². The summed E-state index contributed by atoms with van der Waals surface area (Å²) in [7, 11) is 0. The van der Waals surface area contributed by atoms with Crippen LogP contribution < -0.4 is 5.32 Å². The Kier molecular flexibility index (Phi) is 7.49. The van der Waals surface area contributed by atoms with E-state index >= 15 is 0 Å². The third kappa shape index (κ3) is 5.14. The quantitative estimate of drug-likeness (QED) is 0.450. The number of carbonyl (C=O) groups excluding carboxylic acids is 1. The molecule has 28 heavy (non-hydrogen) atoms. The van der Waals surface area contributed by atoms with Gasteiger partial charge in [0.2, 0.25) is 0 Å². The van der Waals surface area contributed by atoms with Gasteiger partial charge in [-0.25, -0.2) is 4.98 Å². The average Bonchev–Trinajstić information content (AvgIpc) is 3.05. The molecule has 0 radical (unpaired) electrons. The largest absolute Gasteiger partial charge is 0.352 e. The first kappa shape index (κ1) is 20.4. The summed E-state index contributed by atoms with van der Waals surface area (Å²) in [6, 6.07) is 15.4. The number of nitrogens with zero attached hydrogens (tertiary/aromatic N) is 2. The van der Waals surface area contributed by atoms with Gasteiger partial charge in [-0.1, -0.05) is 68.5 Å². The highest BCUT2D eigenvalue weighted by molar-refractivity contribution is 6.33. The molecule has 0 atom stereocenters. The van der Waals surface area contributed by atoms with E-state index in [1.165, 1.54) is 31.2 Å². The minimum Gasteiger partial charge on any atom is -0.352 e. The molecule has 1 aromatic heterocycles. The van der Waals surface area contributed by atoms with Crippen LogP contribution in [-0.2, 0) is 13.0 Å². The third-order valence-corrected chi connectivity index (χ3v) is 5.30. The Labute approximate surface area is 171 Å². The summed E-state index contributed by atoms with van der Waals surface area (Å²) in [4.78, 5) is 17.2. The molecule has 0 aliphatic rings. The number of fused-ring (bicyclic) bond motifs is 1. The molecule has 4 nitrogen and oxygen atoms in total. The van der Waals surface area contributed by atoms with Gasteiger partial charge in [0.1, 0.15) is 5.82 Å². The summed E-state index contributed by atoms with van der Waals surface area (Å²) in [6.07, 6.45) is 6.92. The van der Waals surface area contributed by atoms with Gasteiger partial charge in [-0.3, -0.25) is 4.79 Å². The zero-order valence-electron chi connectivity index (χ0n) is 16.5. The molecule has 0 aliphatic carbocycles. The maximum atomic E-state index is 12.4. The number of amides is 1. The molecule has 3 rings (SSSR count). The molecule has 5 heteroatoms. The second kappa shape index (κ2) is 10.3. The molecule has 0 fully saturated rings. The van der Waals surface area contributed by atoms with E-state index in [0.717, 1.165) is 24.3 Å². The number of rotatable bonds is 10. The molecule has 3 aromatic rings. The van der Waals surface area contributed by atoms with Crippen LogP contribution in [0.25, 0.3) is 11.0 Å². The van der Waals surface area contributed by atoms with Gasteiger partial charge in [-0.2, -0.15) is 0 Å². The predicted molar refractivity (Wildman–Crippen MR) is 116 cm³/mol. The summed E-state index contributed by atoms with van der Waals surface area (Å²) in [5.74, 6) is 0.879. The van der Waals surface area contributed by atoms with Crippen LogP contribution in [-0.4, -0.2) is 22.0 Å². The van der Waals surface area contributed by atoms with Crippen LogP contribution >= 0.6 is 11.6 Å². The van der Waals surface area contributed by atoms with Gasteiger partial charge in [-0.05, 0) is 30.7 Å². The number of hydrogen-bond donors (Lipinski definition) is 1. The number of unbranched alkanes of at least 4 members (excludes halogenated alkanes) is 4. The molecule has 2 aromatic carbocycles. The molecule has 0 bridgehead atoms. The standard InChI is InChI=1S/C23H28ClN3O/c1-2-3-4-5-10-17-27-21-14-9-8-13-20(21)26-22(27)15-16-25-23(28)18-11-6-7-12-19(18)24/h6-9,11-14H,2-5,10,15-17H2,1H3,(H,25,28). The lowest BCUT2D eigenvalue weighted by Crippen LogP contribution is -2.26. The maximum Gasteiger partial charge on any atom is 0.252 e. The molecule has 1 heterocycles. The second-order valence-electron chi connectivity index (χ2n) is 7.07. The average molecular weight is 398 g/mol. The fraction of sp³-hybridized carbons (Fsp3) is 0.391. The molecule has 1 amide bonds. The number of halogens is 1. The Morgan fingerprint density at radius 2 is 1.79 bits per heavy atom. The lowest BCUT2D eigenvalue weighted by Gasteiger charge is -2.10. The van der Waals surface area contributed by atoms with Crippen LogP contribution in [0.2, 0.25) is 5.02 Å². The summed E-state index contributed by atoms with van der Waals surface area (Å²) in [5.41, 5.74) is 2.70. The Bertz CT molecular complexity index is 919. The van der Waals surface area contributed by atoms with Crippen molar-refractivity contribution in [2.24, 2.45) is 0 Å². The monoisotopic (exact) mass is 397 g/mol. The van der Waals surface area contributed by atoms with Crippen molar-refractivity contribution in [3.8, 4) is 0 Å². The Hall–Kier alpha value is -2.33. The highest BCUT2D eigenvalue weighted by Gasteiger charge is 2.12. The molecule has 0 unspecified atom stereocenters. The number of carbonyl (C=O) groups is 1. The van der Waals surface area contributed by atoms with Gasteiger partial charge >= 0.3 is 0 Å². The predicted octanol–water partition coefficient (Wildman–Crippen LogP) is 5.63. The van der Waals surface area contributed by atoms with Crippen molar-refractivity contribution in [2.75, 3.05) is 6.54 Å². The number of aryl methyl sites for hydroxylation is 1. The highest BCUT2D eigenvalue weighted by Crippen LogP contribution is 2.18. The Balaban J connectivity index is 1.64. The molecule has 1 N–H and O–H groups in total. The number of benzene rings is 2. The van der Waals surface area contributed by atoms with E-state index in [4.69, 9.17) is 16.6 Å². The van der Waals surface area contributed by atoms with Crippen molar-refractivity contribution < 1.29 is 4.79 Å². The third-order valence-electron chi connectivity index (χ3n) is 4.97. The first-order chi connectivity index (χ1) is 13.7. The zero-order valence-corrected chi connectivity index (χ0v) is 17.2. The van der Waals surface area contributed by atoms with E-state index in [2.05, 4.69) is 35.0 Å². The number of aromatic nitrogens is 2. The normalized spacial score (nSPS) is 11.1. The van der Waals surface area contributed by atoms with Gasteiger partial charge in [0, 0.05) is 19.5 Å². The highest BCUT2D eigenvalue weighted by atomic mass is 35.5. The van der Waals surface area contributed by atoms with Crippen LogP contribution in [0.3, 0.4) is 0 Å². The van der Waals surface area contributed by atoms with Crippen molar-refractivity contribution in [2.45, 2.75) is 52.0 Å². The van der Waals surface area contributed by atoms with Crippen LogP contribution in [0.4, 0.5) is 0 Å². The molecule has 0 saturated carbocycles. The molecular formula is C23H28ClN3O. The molecule has 148 valence electrons. The van der Waals surface area contributed by atoms with Crippen molar-refractivity contribution in [1.82, 2.24) is 14.9 Å². The lowest BCUT2D eigenvalue weighted by atomic mass is 10.1. The molecule has 0 saturated heterocycles. The minimum atomic E-state index is -0.146. The van der Waals surface area contributed by atoms with Gasteiger partial charge in [0.15, 0.2) is 0 Å². The van der Waals surface area contributed by atoms with E-state index in [-0.39, 0.29) is 5.91 Å². The number of hydrogen-bond acceptors (Lipinski definition) is 2. The van der Waals surface area contributed by atoms with Crippen LogP contribution in [0, 0.1) is 0 Å². The summed E-state index contributed by atoms with van der Waals surface area (Å²) in [5, 5.41) is 3.44. The Morgan fingerprint density at radius 3 is 2.61 bits per heavy atom. The molecule has 0 spiro atoms. The van der Waals surface area contributed by atoms with Crippen molar-refractivity contribution in [1.29, 1.82) is 0 Å². The topological polar surface area (TPSA) is 46.9 Å². The van der Waals surface area contributed by atoms with E-state index in [9.17, 15) is 4.79 Å². The van der Waals surface area contributed by atoms with E-state index < -0.39 is 0 Å². The summed E-state index contributed by atoms with van der Waals surface area (Å²) < 4.78 is 2.31. The fourth-order valence-electron chi connectivity index (χ4n) is 3.47. The SMILES string of the molecule is CCCCCCCn1c(CCNC(=O)c2ccccc2Cl)nc2ccccc21. The molecule has 0 aliphatic heterocycles. The van der Waals surface area contributed by atoms with Gasteiger partial charge in [0.25, 0.3) is 5.91 Å². The van der Waals surface area contributed by atoms with Crippen molar-refractivity contribution in [3.05, 3.63) is 64.9 Å². The summed E-state index contributed by atoms with van der Waals surface area (Å²) in [6.45, 7) is 3.74. The number of para-hydroxylation sites is 2. The van der Waals surface area contributed by atoms with Gasteiger partial charge in [0.05, 0.1) is 21.6 Å². The smallest absolute Gasteiger partial charge is 0.252 e. The minimum absolute atomic E-state index is 0.146. The summed E-state index contributed by atoms with van der Waals surface area (Å²) >= 11 is 6.11. The van der Waals surface area contributed by atoms with Gasteiger partial charge in [-0.15, -0.1) is 0 Å². The Morgan fingerprint density at radius 1 is 1.04 bits per heavy atom. The van der Waals surface area contributed by atoms with Crippen molar-refractivity contribution in [3.63, 3.8) is 0 Å². The van der Waals surface area contributed by atoms with Crippen LogP contribution in [0.1, 0.15) is 55.2 Å². The lowest BCUT2D eigenvalue weighted by molar-refractivity contribution is 0.0954. The van der Waals surface area contributed by atoms with E-state index in [1.54, 1.807) is 12.1 Å². The van der Waals surface area contributed by atoms with E-state index in [0.29, 0.717) is 23.6 Å². The maximum absolute atomic E-state index is 12.4. The first-order valence-corrected chi connectivity index (χ1v) is 10.6. The number of imidazole rings is 1.